The van der Waals surface area contributed by atoms with E-state index < -0.39 is 10.0 Å². The van der Waals surface area contributed by atoms with Crippen molar-refractivity contribution in [2.75, 3.05) is 42.9 Å². The van der Waals surface area contributed by atoms with Crippen molar-refractivity contribution in [2.24, 2.45) is 5.14 Å². The molecule has 144 valence electrons. The quantitative estimate of drug-likeness (QED) is 0.785. The van der Waals surface area contributed by atoms with E-state index in [4.69, 9.17) is 16.7 Å². The van der Waals surface area contributed by atoms with Gasteiger partial charge in [-0.1, -0.05) is 17.7 Å². The van der Waals surface area contributed by atoms with Gasteiger partial charge in [-0.3, -0.25) is 9.69 Å². The van der Waals surface area contributed by atoms with E-state index in [1.807, 2.05) is 24.3 Å². The van der Waals surface area contributed by atoms with Crippen molar-refractivity contribution < 1.29 is 13.2 Å². The number of carbonyl (C=O) groups excluding carboxylic acids is 1. The third-order valence-electron chi connectivity index (χ3n) is 4.38. The van der Waals surface area contributed by atoms with Crippen LogP contribution in [0.25, 0.3) is 0 Å². The van der Waals surface area contributed by atoms with Gasteiger partial charge in [0.1, 0.15) is 0 Å². The lowest BCUT2D eigenvalue weighted by Gasteiger charge is -2.35. The number of anilines is 2. The predicted molar refractivity (Wildman–Crippen MR) is 107 cm³/mol. The molecule has 1 aliphatic heterocycles. The summed E-state index contributed by atoms with van der Waals surface area (Å²) in [4.78, 5) is 16.6. The molecule has 0 radical (unpaired) electrons. The summed E-state index contributed by atoms with van der Waals surface area (Å²) in [5.41, 5.74) is 1.62. The van der Waals surface area contributed by atoms with Crippen molar-refractivity contribution in [1.82, 2.24) is 4.90 Å². The van der Waals surface area contributed by atoms with Crippen LogP contribution in [0.2, 0.25) is 5.02 Å². The molecule has 1 amide bonds. The first-order chi connectivity index (χ1) is 12.8. The number of hydrogen-bond donors (Lipinski definition) is 2. The van der Waals surface area contributed by atoms with E-state index in [1.54, 1.807) is 0 Å². The Bertz CT molecular complexity index is 910. The summed E-state index contributed by atoms with van der Waals surface area (Å²) in [6.07, 6.45) is 0. The highest BCUT2D eigenvalue weighted by Crippen LogP contribution is 2.20. The molecule has 7 nitrogen and oxygen atoms in total. The Balaban J connectivity index is 1.49. The first-order valence-electron chi connectivity index (χ1n) is 8.47. The standard InChI is InChI=1S/C18H21ClN4O3S/c19-14-2-1-3-16(12-14)23-10-8-22(9-11-23)13-18(24)21-15-4-6-17(7-5-15)27(20,25)26/h1-7,12H,8-11,13H2,(H,21,24)(H2,20,25,26). The van der Waals surface area contributed by atoms with Crippen LogP contribution < -0.4 is 15.4 Å². The first-order valence-corrected chi connectivity index (χ1v) is 10.4. The normalized spacial score (nSPS) is 15.6. The predicted octanol–water partition coefficient (Wildman–Crippen LogP) is 1.75. The second-order valence-electron chi connectivity index (χ2n) is 6.36. The zero-order valence-electron chi connectivity index (χ0n) is 14.6. The van der Waals surface area contributed by atoms with E-state index in [1.165, 1.54) is 24.3 Å². The van der Waals surface area contributed by atoms with Crippen LogP contribution in [-0.4, -0.2) is 51.9 Å². The topological polar surface area (TPSA) is 95.7 Å². The smallest absolute Gasteiger partial charge is 0.238 e. The Morgan fingerprint density at radius 3 is 2.33 bits per heavy atom. The highest BCUT2D eigenvalue weighted by Gasteiger charge is 2.19. The first kappa shape index (κ1) is 19.6. The molecule has 0 unspecified atom stereocenters. The number of rotatable bonds is 5. The van der Waals surface area contributed by atoms with Gasteiger partial charge in [-0.15, -0.1) is 0 Å². The second-order valence-corrected chi connectivity index (χ2v) is 8.36. The van der Waals surface area contributed by atoms with Crippen LogP contribution in [-0.2, 0) is 14.8 Å². The van der Waals surface area contributed by atoms with Crippen LogP contribution in [0.3, 0.4) is 0 Å². The van der Waals surface area contributed by atoms with E-state index in [9.17, 15) is 13.2 Å². The third kappa shape index (κ3) is 5.43. The van der Waals surface area contributed by atoms with Gasteiger partial charge in [0.25, 0.3) is 0 Å². The lowest BCUT2D eigenvalue weighted by molar-refractivity contribution is -0.117. The molecule has 2 aromatic rings. The van der Waals surface area contributed by atoms with Gasteiger partial charge in [0.15, 0.2) is 0 Å². The summed E-state index contributed by atoms with van der Waals surface area (Å²) in [5.74, 6) is -0.144. The monoisotopic (exact) mass is 408 g/mol. The lowest BCUT2D eigenvalue weighted by Crippen LogP contribution is -2.48. The summed E-state index contributed by atoms with van der Waals surface area (Å²) in [7, 11) is -3.74. The maximum absolute atomic E-state index is 12.2. The highest BCUT2D eigenvalue weighted by atomic mass is 35.5. The number of nitrogens with one attached hydrogen (secondary N) is 1. The van der Waals surface area contributed by atoms with E-state index >= 15 is 0 Å². The molecular weight excluding hydrogens is 388 g/mol. The van der Waals surface area contributed by atoms with Crippen molar-refractivity contribution in [3.8, 4) is 0 Å². The van der Waals surface area contributed by atoms with Gasteiger partial charge in [0.05, 0.1) is 11.4 Å². The summed E-state index contributed by atoms with van der Waals surface area (Å²) >= 11 is 6.04. The fourth-order valence-electron chi connectivity index (χ4n) is 2.97. The number of carbonyl (C=O) groups is 1. The molecule has 1 aliphatic rings. The minimum Gasteiger partial charge on any atom is -0.369 e. The van der Waals surface area contributed by atoms with E-state index in [0.717, 1.165) is 31.9 Å². The molecule has 3 N–H and O–H groups in total. The average molecular weight is 409 g/mol. The molecule has 1 heterocycles. The van der Waals surface area contributed by atoms with Gasteiger partial charge in [-0.25, -0.2) is 13.6 Å². The number of hydrogen-bond acceptors (Lipinski definition) is 5. The zero-order chi connectivity index (χ0) is 19.4. The molecule has 0 spiro atoms. The molecule has 1 fully saturated rings. The van der Waals surface area contributed by atoms with E-state index in [0.29, 0.717) is 10.7 Å². The fraction of sp³-hybridized carbons (Fsp3) is 0.278. The lowest BCUT2D eigenvalue weighted by atomic mass is 10.2. The Hall–Kier alpha value is -2.13. The Morgan fingerprint density at radius 2 is 1.74 bits per heavy atom. The number of piperazine rings is 1. The van der Waals surface area contributed by atoms with Gasteiger partial charge >= 0.3 is 0 Å². The molecular formula is C18H21ClN4O3S. The summed E-state index contributed by atoms with van der Waals surface area (Å²) < 4.78 is 22.5. The zero-order valence-corrected chi connectivity index (χ0v) is 16.2. The van der Waals surface area contributed by atoms with Crippen molar-refractivity contribution in [3.63, 3.8) is 0 Å². The van der Waals surface area contributed by atoms with Crippen LogP contribution in [0, 0.1) is 0 Å². The molecule has 3 rings (SSSR count). The van der Waals surface area contributed by atoms with Crippen molar-refractivity contribution >= 4 is 38.9 Å². The van der Waals surface area contributed by atoms with Gasteiger partial charge in [-0.05, 0) is 42.5 Å². The molecule has 0 aromatic heterocycles. The third-order valence-corrected chi connectivity index (χ3v) is 5.54. The fourth-order valence-corrected chi connectivity index (χ4v) is 3.67. The van der Waals surface area contributed by atoms with Crippen molar-refractivity contribution in [3.05, 3.63) is 53.6 Å². The number of sulfonamides is 1. The molecule has 0 bridgehead atoms. The number of amides is 1. The molecule has 0 saturated carbocycles. The molecule has 0 atom stereocenters. The maximum Gasteiger partial charge on any atom is 0.238 e. The number of nitrogens with zero attached hydrogens (tertiary/aromatic N) is 2. The number of halogens is 1. The Morgan fingerprint density at radius 1 is 1.07 bits per heavy atom. The van der Waals surface area contributed by atoms with Gasteiger partial charge in [0.2, 0.25) is 15.9 Å². The minimum absolute atomic E-state index is 0.0117. The van der Waals surface area contributed by atoms with Crippen LogP contribution >= 0.6 is 11.6 Å². The summed E-state index contributed by atoms with van der Waals surface area (Å²) in [6.45, 7) is 3.45. The SMILES string of the molecule is NS(=O)(=O)c1ccc(NC(=O)CN2CCN(c3cccc(Cl)c3)CC2)cc1. The van der Waals surface area contributed by atoms with Gasteiger partial charge < -0.3 is 10.2 Å². The molecule has 2 aromatic carbocycles. The second kappa shape index (κ2) is 8.26. The molecule has 27 heavy (non-hydrogen) atoms. The van der Waals surface area contributed by atoms with Crippen LogP contribution in [0.1, 0.15) is 0 Å². The maximum atomic E-state index is 12.2. The number of primary sulfonamides is 1. The largest absolute Gasteiger partial charge is 0.369 e. The van der Waals surface area contributed by atoms with Gasteiger partial charge in [-0.2, -0.15) is 0 Å². The number of benzene rings is 2. The minimum atomic E-state index is -3.74. The highest BCUT2D eigenvalue weighted by molar-refractivity contribution is 7.89. The average Bonchev–Trinajstić information content (AvgIpc) is 2.62. The van der Waals surface area contributed by atoms with Crippen LogP contribution in [0.4, 0.5) is 11.4 Å². The van der Waals surface area contributed by atoms with Crippen molar-refractivity contribution in [1.29, 1.82) is 0 Å². The van der Waals surface area contributed by atoms with Gasteiger partial charge in [0, 0.05) is 42.6 Å². The summed E-state index contributed by atoms with van der Waals surface area (Å²) in [6, 6.07) is 13.5. The Kier molecular flexibility index (Phi) is 6.01. The molecule has 0 aliphatic carbocycles. The van der Waals surface area contributed by atoms with Crippen molar-refractivity contribution in [2.45, 2.75) is 4.90 Å². The number of nitrogens with two attached hydrogens (primary N) is 1. The van der Waals surface area contributed by atoms with Crippen LogP contribution in [0.5, 0.6) is 0 Å². The van der Waals surface area contributed by atoms with E-state index in [2.05, 4.69) is 15.1 Å². The Labute approximate surface area is 163 Å². The summed E-state index contributed by atoms with van der Waals surface area (Å²) in [5, 5.41) is 8.54. The molecule has 1 saturated heterocycles. The molecule has 9 heteroatoms. The van der Waals surface area contributed by atoms with Crippen LogP contribution in [0.15, 0.2) is 53.4 Å². The van der Waals surface area contributed by atoms with E-state index in [-0.39, 0.29) is 17.3 Å².